The van der Waals surface area contributed by atoms with Crippen LogP contribution >= 0.6 is 0 Å². The highest BCUT2D eigenvalue weighted by atomic mass is 16.5. The molecule has 1 fully saturated rings. The van der Waals surface area contributed by atoms with Gasteiger partial charge in [0, 0.05) is 19.7 Å². The van der Waals surface area contributed by atoms with Crippen LogP contribution in [0.4, 0.5) is 0 Å². The highest BCUT2D eigenvalue weighted by molar-refractivity contribution is 5.81. The molecular formula is C17H34N2O6. The highest BCUT2D eigenvalue weighted by Gasteiger charge is 2.35. The van der Waals surface area contributed by atoms with Crippen molar-refractivity contribution in [2.24, 2.45) is 11.7 Å². The Labute approximate surface area is 149 Å². The lowest BCUT2D eigenvalue weighted by Gasteiger charge is -2.34. The summed E-state index contributed by atoms with van der Waals surface area (Å²) in [6.45, 7) is 3.80. The second kappa shape index (κ2) is 11.1. The number of nitrogens with zero attached hydrogens (tertiary/aromatic N) is 1. The molecule has 1 rings (SSSR count). The number of nitrogens with two attached hydrogens (primary N) is 1. The number of ether oxygens (including phenoxy) is 1. The van der Waals surface area contributed by atoms with Gasteiger partial charge in [-0.05, 0) is 18.8 Å². The number of carbonyl (C=O) groups excluding carboxylic acids is 1. The maximum atomic E-state index is 12.6. The SMILES string of the molecule is CC(C)[C@@H](N)C(=O)N1CCCCCCO[C@H]([C@H](O)CO)[C@H](O)[C@@H](O)C1. The number of β-amino-alcohol motifs (C(OH)–C–C–N with tert-alkyl or cyclic N) is 1. The van der Waals surface area contributed by atoms with Gasteiger partial charge in [0.15, 0.2) is 0 Å². The van der Waals surface area contributed by atoms with Crippen LogP contribution in [0.5, 0.6) is 0 Å². The molecular weight excluding hydrogens is 328 g/mol. The smallest absolute Gasteiger partial charge is 0.239 e. The minimum absolute atomic E-state index is 0.0387. The van der Waals surface area contributed by atoms with Crippen LogP contribution in [-0.4, -0.2) is 88.0 Å². The second-order valence-corrected chi connectivity index (χ2v) is 7.11. The zero-order valence-corrected chi connectivity index (χ0v) is 15.3. The van der Waals surface area contributed by atoms with Crippen LogP contribution in [0.2, 0.25) is 0 Å². The fraction of sp³-hybridized carbons (Fsp3) is 0.941. The summed E-state index contributed by atoms with van der Waals surface area (Å²) in [6, 6.07) is -0.674. The van der Waals surface area contributed by atoms with Crippen LogP contribution < -0.4 is 5.73 Å². The summed E-state index contributed by atoms with van der Waals surface area (Å²) in [7, 11) is 0. The van der Waals surface area contributed by atoms with E-state index in [2.05, 4.69) is 0 Å². The molecule has 1 aliphatic heterocycles. The Hall–Kier alpha value is -0.770. The van der Waals surface area contributed by atoms with Crippen molar-refractivity contribution in [3.63, 3.8) is 0 Å². The van der Waals surface area contributed by atoms with Gasteiger partial charge in [-0.2, -0.15) is 0 Å². The van der Waals surface area contributed by atoms with E-state index in [9.17, 15) is 20.1 Å². The van der Waals surface area contributed by atoms with Crippen molar-refractivity contribution >= 4 is 5.91 Å². The topological polar surface area (TPSA) is 136 Å². The van der Waals surface area contributed by atoms with Crippen LogP contribution in [0.1, 0.15) is 39.5 Å². The molecule has 0 spiro atoms. The first-order valence-electron chi connectivity index (χ1n) is 9.10. The summed E-state index contributed by atoms with van der Waals surface area (Å²) >= 11 is 0. The quantitative estimate of drug-likeness (QED) is 0.425. The van der Waals surface area contributed by atoms with E-state index in [1.807, 2.05) is 13.8 Å². The Morgan fingerprint density at radius 1 is 1.24 bits per heavy atom. The molecule has 0 bridgehead atoms. The highest BCUT2D eigenvalue weighted by Crippen LogP contribution is 2.15. The van der Waals surface area contributed by atoms with Crippen molar-refractivity contribution in [2.45, 2.75) is 70.0 Å². The van der Waals surface area contributed by atoms with Gasteiger partial charge in [-0.25, -0.2) is 0 Å². The van der Waals surface area contributed by atoms with Crippen LogP contribution in [0.25, 0.3) is 0 Å². The Bertz CT molecular complexity index is 395. The van der Waals surface area contributed by atoms with Gasteiger partial charge >= 0.3 is 0 Å². The van der Waals surface area contributed by atoms with Crippen LogP contribution in [0.15, 0.2) is 0 Å². The third kappa shape index (κ3) is 6.80. The summed E-state index contributed by atoms with van der Waals surface area (Å²) in [4.78, 5) is 14.0. The number of amides is 1. The average Bonchev–Trinajstić information content (AvgIpc) is 2.59. The van der Waals surface area contributed by atoms with Crippen LogP contribution in [0, 0.1) is 5.92 Å². The molecule has 148 valence electrons. The molecule has 1 saturated heterocycles. The van der Waals surface area contributed by atoms with Crippen molar-refractivity contribution < 1.29 is 30.0 Å². The molecule has 6 N–H and O–H groups in total. The molecule has 0 aliphatic carbocycles. The molecule has 0 aromatic heterocycles. The predicted molar refractivity (Wildman–Crippen MR) is 92.7 cm³/mol. The molecule has 5 atom stereocenters. The van der Waals surface area contributed by atoms with Crippen molar-refractivity contribution in [3.8, 4) is 0 Å². The van der Waals surface area contributed by atoms with E-state index in [1.165, 1.54) is 4.90 Å². The second-order valence-electron chi connectivity index (χ2n) is 7.11. The maximum absolute atomic E-state index is 12.6. The van der Waals surface area contributed by atoms with E-state index in [1.54, 1.807) is 0 Å². The van der Waals surface area contributed by atoms with E-state index in [0.717, 1.165) is 25.7 Å². The van der Waals surface area contributed by atoms with Gasteiger partial charge < -0.3 is 35.8 Å². The van der Waals surface area contributed by atoms with Crippen molar-refractivity contribution in [3.05, 3.63) is 0 Å². The molecule has 0 unspecified atom stereocenters. The number of carbonyl (C=O) groups is 1. The maximum Gasteiger partial charge on any atom is 0.239 e. The van der Waals surface area contributed by atoms with Crippen molar-refractivity contribution in [2.75, 3.05) is 26.3 Å². The van der Waals surface area contributed by atoms with E-state index >= 15 is 0 Å². The van der Waals surface area contributed by atoms with Crippen molar-refractivity contribution in [1.82, 2.24) is 4.90 Å². The average molecular weight is 362 g/mol. The molecule has 0 aromatic rings. The van der Waals surface area contributed by atoms with E-state index in [4.69, 9.17) is 15.6 Å². The van der Waals surface area contributed by atoms with Gasteiger partial charge in [-0.3, -0.25) is 4.79 Å². The molecule has 8 nitrogen and oxygen atoms in total. The van der Waals surface area contributed by atoms with Gasteiger partial charge in [0.05, 0.1) is 12.6 Å². The normalized spacial score (nSPS) is 29.6. The largest absolute Gasteiger partial charge is 0.394 e. The summed E-state index contributed by atoms with van der Waals surface area (Å²) in [5, 5.41) is 39.7. The lowest BCUT2D eigenvalue weighted by molar-refractivity contribution is -0.153. The molecule has 1 heterocycles. The first-order valence-corrected chi connectivity index (χ1v) is 9.10. The summed E-state index contributed by atoms with van der Waals surface area (Å²) in [6.07, 6.45) is -1.86. The molecule has 25 heavy (non-hydrogen) atoms. The van der Waals surface area contributed by atoms with Gasteiger partial charge in [0.25, 0.3) is 0 Å². The lowest BCUT2D eigenvalue weighted by Crippen LogP contribution is -2.54. The molecule has 0 saturated carbocycles. The van der Waals surface area contributed by atoms with Gasteiger partial charge in [0.2, 0.25) is 5.91 Å². The minimum Gasteiger partial charge on any atom is -0.394 e. The minimum atomic E-state index is -1.42. The zero-order valence-electron chi connectivity index (χ0n) is 15.3. The number of rotatable bonds is 4. The fourth-order valence-corrected chi connectivity index (χ4v) is 2.86. The molecule has 1 amide bonds. The standard InChI is InChI=1S/C17H34N2O6/c1-11(2)14(18)17(24)19-7-5-3-4-6-8-25-16(13(22)10-20)15(23)12(21)9-19/h11-16,20-23H,3-10,18H2,1-2H3/t12-,13+,14+,15+,16+/m0/s1. The zero-order chi connectivity index (χ0) is 19.0. The summed E-state index contributed by atoms with van der Waals surface area (Å²) < 4.78 is 5.48. The molecule has 0 aromatic carbocycles. The van der Waals surface area contributed by atoms with Crippen molar-refractivity contribution in [1.29, 1.82) is 0 Å². The number of aliphatic hydroxyl groups excluding tert-OH is 4. The van der Waals surface area contributed by atoms with E-state index in [-0.39, 0.29) is 18.4 Å². The molecule has 1 aliphatic rings. The summed E-state index contributed by atoms with van der Waals surface area (Å²) in [5.41, 5.74) is 5.95. The fourth-order valence-electron chi connectivity index (χ4n) is 2.86. The van der Waals surface area contributed by atoms with Gasteiger partial charge in [-0.15, -0.1) is 0 Å². The Balaban J connectivity index is 2.90. The third-order valence-electron chi connectivity index (χ3n) is 4.65. The predicted octanol–water partition coefficient (Wildman–Crippen LogP) is -1.17. The molecule has 8 heteroatoms. The Morgan fingerprint density at radius 3 is 2.48 bits per heavy atom. The third-order valence-corrected chi connectivity index (χ3v) is 4.65. The number of hydrogen-bond acceptors (Lipinski definition) is 7. The Morgan fingerprint density at radius 2 is 1.88 bits per heavy atom. The van der Waals surface area contributed by atoms with Gasteiger partial charge in [-0.1, -0.05) is 26.7 Å². The first-order chi connectivity index (χ1) is 11.8. The summed E-state index contributed by atoms with van der Waals surface area (Å²) in [5.74, 6) is -0.304. The van der Waals surface area contributed by atoms with E-state index < -0.39 is 37.1 Å². The number of hydrogen-bond donors (Lipinski definition) is 5. The number of aliphatic hydroxyl groups is 4. The van der Waals surface area contributed by atoms with E-state index in [0.29, 0.717) is 13.2 Å². The molecule has 0 radical (unpaired) electrons. The van der Waals surface area contributed by atoms with Crippen LogP contribution in [-0.2, 0) is 9.53 Å². The first kappa shape index (κ1) is 22.3. The monoisotopic (exact) mass is 362 g/mol. The van der Waals surface area contributed by atoms with Crippen LogP contribution in [0.3, 0.4) is 0 Å². The lowest BCUT2D eigenvalue weighted by atomic mass is 10.00. The van der Waals surface area contributed by atoms with Gasteiger partial charge in [0.1, 0.15) is 24.4 Å². The Kier molecular flexibility index (Phi) is 9.84.